The summed E-state index contributed by atoms with van der Waals surface area (Å²) < 4.78 is 28.6. The van der Waals surface area contributed by atoms with Gasteiger partial charge in [0.05, 0.1) is 11.3 Å². The highest BCUT2D eigenvalue weighted by Crippen LogP contribution is 2.29. The number of anilines is 1. The standard InChI is InChI=1S/C22H13BrF2N2O/c23-15-5-3-4-14(12-15)13-20-22(28)27(17-10-8-16(24)9-11-17)21(26-20)18-6-1-2-7-19(18)25/h1-13H/b20-13+. The molecule has 0 radical (unpaired) electrons. The molecule has 3 aromatic rings. The number of aliphatic imine (C=N–C) groups is 1. The SMILES string of the molecule is O=C1/C(=C\c2cccc(Br)c2)N=C(c2ccccc2F)N1c1ccc(F)cc1. The van der Waals surface area contributed by atoms with Crippen LogP contribution in [0.4, 0.5) is 14.5 Å². The van der Waals surface area contributed by atoms with E-state index in [4.69, 9.17) is 0 Å². The first-order chi connectivity index (χ1) is 13.5. The lowest BCUT2D eigenvalue weighted by molar-refractivity contribution is -0.113. The number of halogens is 3. The number of amidine groups is 1. The maximum atomic E-state index is 14.4. The topological polar surface area (TPSA) is 32.7 Å². The number of benzene rings is 3. The number of amides is 1. The molecule has 0 saturated heterocycles. The molecule has 3 nitrogen and oxygen atoms in total. The Labute approximate surface area is 168 Å². The monoisotopic (exact) mass is 438 g/mol. The molecule has 0 aliphatic carbocycles. The van der Waals surface area contributed by atoms with Crippen LogP contribution in [-0.2, 0) is 4.79 Å². The predicted octanol–water partition coefficient (Wildman–Crippen LogP) is 5.56. The van der Waals surface area contributed by atoms with Crippen LogP contribution in [0, 0.1) is 11.6 Å². The summed E-state index contributed by atoms with van der Waals surface area (Å²) in [6.45, 7) is 0. The first-order valence-corrected chi connectivity index (χ1v) is 9.23. The van der Waals surface area contributed by atoms with Gasteiger partial charge in [-0.25, -0.2) is 13.8 Å². The van der Waals surface area contributed by atoms with E-state index in [2.05, 4.69) is 20.9 Å². The summed E-state index contributed by atoms with van der Waals surface area (Å²) in [7, 11) is 0. The second-order valence-electron chi connectivity index (χ2n) is 6.12. The number of hydrogen-bond donors (Lipinski definition) is 0. The van der Waals surface area contributed by atoms with Crippen LogP contribution in [0.25, 0.3) is 6.08 Å². The van der Waals surface area contributed by atoms with Crippen LogP contribution in [-0.4, -0.2) is 11.7 Å². The van der Waals surface area contributed by atoms with E-state index < -0.39 is 17.5 Å². The van der Waals surface area contributed by atoms with Gasteiger partial charge in [-0.05, 0) is 60.2 Å². The van der Waals surface area contributed by atoms with E-state index in [9.17, 15) is 13.6 Å². The van der Waals surface area contributed by atoms with Crippen molar-refractivity contribution < 1.29 is 13.6 Å². The van der Waals surface area contributed by atoms with Crippen molar-refractivity contribution in [3.63, 3.8) is 0 Å². The Kier molecular flexibility index (Phi) is 4.88. The van der Waals surface area contributed by atoms with Crippen molar-refractivity contribution in [2.45, 2.75) is 0 Å². The van der Waals surface area contributed by atoms with E-state index in [0.717, 1.165) is 10.0 Å². The molecule has 0 fully saturated rings. The second-order valence-corrected chi connectivity index (χ2v) is 7.03. The molecule has 0 N–H and O–H groups in total. The minimum absolute atomic E-state index is 0.163. The van der Waals surface area contributed by atoms with E-state index >= 15 is 0 Å². The van der Waals surface area contributed by atoms with Gasteiger partial charge in [-0.2, -0.15) is 0 Å². The summed E-state index contributed by atoms with van der Waals surface area (Å²) in [6.07, 6.45) is 1.64. The molecule has 0 unspecified atom stereocenters. The average molecular weight is 439 g/mol. The van der Waals surface area contributed by atoms with E-state index in [1.807, 2.05) is 24.3 Å². The third-order valence-electron chi connectivity index (χ3n) is 4.21. The summed E-state index contributed by atoms with van der Waals surface area (Å²) >= 11 is 3.39. The average Bonchev–Trinajstić information content (AvgIpc) is 2.99. The first-order valence-electron chi connectivity index (χ1n) is 8.44. The molecule has 1 amide bonds. The van der Waals surface area contributed by atoms with Crippen LogP contribution in [0.3, 0.4) is 0 Å². The van der Waals surface area contributed by atoms with Gasteiger partial charge in [0, 0.05) is 4.47 Å². The molecule has 1 aliphatic heterocycles. The lowest BCUT2D eigenvalue weighted by atomic mass is 10.1. The van der Waals surface area contributed by atoms with Crippen molar-refractivity contribution in [1.82, 2.24) is 0 Å². The van der Waals surface area contributed by atoms with Gasteiger partial charge in [0.1, 0.15) is 17.3 Å². The van der Waals surface area contributed by atoms with E-state index in [-0.39, 0.29) is 17.1 Å². The van der Waals surface area contributed by atoms with E-state index in [0.29, 0.717) is 5.69 Å². The quantitative estimate of drug-likeness (QED) is 0.492. The van der Waals surface area contributed by atoms with Crippen LogP contribution in [0.5, 0.6) is 0 Å². The van der Waals surface area contributed by atoms with Crippen LogP contribution < -0.4 is 4.90 Å². The maximum Gasteiger partial charge on any atom is 0.282 e. The summed E-state index contributed by atoms with van der Waals surface area (Å²) in [5.74, 6) is -1.17. The number of rotatable bonds is 3. The zero-order valence-corrected chi connectivity index (χ0v) is 16.0. The fraction of sp³-hybridized carbons (Fsp3) is 0. The Morgan fingerprint density at radius 3 is 2.39 bits per heavy atom. The molecule has 4 rings (SSSR count). The van der Waals surface area contributed by atoms with Gasteiger partial charge in [-0.1, -0.05) is 40.2 Å². The zero-order chi connectivity index (χ0) is 19.7. The number of nitrogens with zero attached hydrogens (tertiary/aromatic N) is 2. The summed E-state index contributed by atoms with van der Waals surface area (Å²) in [5.41, 5.74) is 1.54. The first kappa shape index (κ1) is 18.3. The van der Waals surface area contributed by atoms with Crippen LogP contribution in [0.15, 0.2) is 88.0 Å². The van der Waals surface area contributed by atoms with Crippen molar-refractivity contribution in [3.05, 3.63) is 106 Å². The lowest BCUT2D eigenvalue weighted by Gasteiger charge is -2.18. The molecular weight excluding hydrogens is 426 g/mol. The normalized spacial score (nSPS) is 15.2. The summed E-state index contributed by atoms with van der Waals surface area (Å²) in [4.78, 5) is 18.8. The van der Waals surface area contributed by atoms with Gasteiger partial charge < -0.3 is 0 Å². The van der Waals surface area contributed by atoms with Crippen molar-refractivity contribution in [1.29, 1.82) is 0 Å². The van der Waals surface area contributed by atoms with E-state index in [1.54, 1.807) is 24.3 Å². The second kappa shape index (κ2) is 7.48. The minimum atomic E-state index is -0.495. The minimum Gasteiger partial charge on any atom is -0.266 e. The largest absolute Gasteiger partial charge is 0.282 e. The van der Waals surface area contributed by atoms with Gasteiger partial charge in [0.15, 0.2) is 5.84 Å². The van der Waals surface area contributed by atoms with Gasteiger partial charge >= 0.3 is 0 Å². The van der Waals surface area contributed by atoms with Crippen LogP contribution >= 0.6 is 15.9 Å². The third-order valence-corrected chi connectivity index (χ3v) is 4.71. The number of carbonyl (C=O) groups is 1. The molecular formula is C22H13BrF2N2O. The molecule has 1 heterocycles. The Hall–Kier alpha value is -3.12. The fourth-order valence-electron chi connectivity index (χ4n) is 2.92. The lowest BCUT2D eigenvalue weighted by Crippen LogP contribution is -2.33. The molecule has 28 heavy (non-hydrogen) atoms. The van der Waals surface area contributed by atoms with Crippen molar-refractivity contribution in [3.8, 4) is 0 Å². The Bertz CT molecular complexity index is 1120. The smallest absolute Gasteiger partial charge is 0.266 e. The number of carbonyl (C=O) groups excluding carboxylic acids is 1. The van der Waals surface area contributed by atoms with Gasteiger partial charge in [-0.3, -0.25) is 9.69 Å². The summed E-state index contributed by atoms with van der Waals surface area (Å²) in [6, 6.07) is 18.9. The molecule has 0 aromatic heterocycles. The number of hydrogen-bond acceptors (Lipinski definition) is 2. The zero-order valence-electron chi connectivity index (χ0n) is 14.4. The molecule has 3 aromatic carbocycles. The maximum absolute atomic E-state index is 14.4. The summed E-state index contributed by atoms with van der Waals surface area (Å²) in [5, 5.41) is 0. The van der Waals surface area contributed by atoms with E-state index in [1.165, 1.54) is 35.2 Å². The molecule has 138 valence electrons. The molecule has 6 heteroatoms. The van der Waals surface area contributed by atoms with Crippen LogP contribution in [0.2, 0.25) is 0 Å². The molecule has 0 saturated carbocycles. The Balaban J connectivity index is 1.85. The van der Waals surface area contributed by atoms with Gasteiger partial charge in [0.2, 0.25) is 0 Å². The van der Waals surface area contributed by atoms with Crippen molar-refractivity contribution >= 4 is 39.4 Å². The highest BCUT2D eigenvalue weighted by molar-refractivity contribution is 9.10. The molecule has 0 spiro atoms. The van der Waals surface area contributed by atoms with Gasteiger partial charge in [-0.15, -0.1) is 0 Å². The molecule has 0 bridgehead atoms. The predicted molar refractivity (Wildman–Crippen MR) is 109 cm³/mol. The van der Waals surface area contributed by atoms with Crippen molar-refractivity contribution in [2.75, 3.05) is 4.90 Å². The molecule has 1 aliphatic rings. The van der Waals surface area contributed by atoms with Crippen molar-refractivity contribution in [2.24, 2.45) is 4.99 Å². The molecule has 0 atom stereocenters. The Morgan fingerprint density at radius 2 is 1.68 bits per heavy atom. The Morgan fingerprint density at radius 1 is 0.929 bits per heavy atom. The third kappa shape index (κ3) is 3.51. The van der Waals surface area contributed by atoms with Crippen LogP contribution in [0.1, 0.15) is 11.1 Å². The van der Waals surface area contributed by atoms with Gasteiger partial charge in [0.25, 0.3) is 5.91 Å². The fourth-order valence-corrected chi connectivity index (χ4v) is 3.34. The highest BCUT2D eigenvalue weighted by atomic mass is 79.9. The highest BCUT2D eigenvalue weighted by Gasteiger charge is 2.33.